The van der Waals surface area contributed by atoms with Crippen molar-refractivity contribution in [2.75, 3.05) is 31.6 Å². The highest BCUT2D eigenvalue weighted by molar-refractivity contribution is 7.90. The molecule has 1 aromatic rings. The zero-order valence-corrected chi connectivity index (χ0v) is 14.5. The molecule has 0 aliphatic carbocycles. The molecule has 132 valence electrons. The minimum absolute atomic E-state index is 0.243. The molecule has 0 spiro atoms. The minimum Gasteiger partial charge on any atom is -0.273 e. The Morgan fingerprint density at radius 1 is 0.917 bits per heavy atom. The molecule has 0 saturated heterocycles. The van der Waals surface area contributed by atoms with Gasteiger partial charge in [-0.15, -0.1) is 0 Å². The van der Waals surface area contributed by atoms with Gasteiger partial charge in [0.25, 0.3) is 11.8 Å². The fraction of sp³-hybridized carbons (Fsp3) is 0.385. The van der Waals surface area contributed by atoms with E-state index in [-0.39, 0.29) is 24.2 Å². The number of fused-ring (bicyclic) bond motifs is 1. The number of carbonyl (C=O) groups excluding carboxylic acids is 2. The molecular formula is C13H17N3O6S2. The van der Waals surface area contributed by atoms with E-state index in [0.717, 1.165) is 4.90 Å². The van der Waals surface area contributed by atoms with Crippen LogP contribution < -0.4 is 9.44 Å². The van der Waals surface area contributed by atoms with Gasteiger partial charge in [-0.05, 0) is 19.2 Å². The molecule has 24 heavy (non-hydrogen) atoms. The number of amides is 2. The number of benzene rings is 1. The second kappa shape index (κ2) is 6.97. The first-order valence-corrected chi connectivity index (χ1v) is 10.3. The molecule has 1 aliphatic heterocycles. The van der Waals surface area contributed by atoms with Gasteiger partial charge in [-0.25, -0.2) is 26.3 Å². The van der Waals surface area contributed by atoms with Crippen LogP contribution in [-0.4, -0.2) is 65.2 Å². The van der Waals surface area contributed by atoms with Crippen molar-refractivity contribution in [1.29, 1.82) is 0 Å². The summed E-state index contributed by atoms with van der Waals surface area (Å²) >= 11 is 0. The van der Waals surface area contributed by atoms with E-state index in [2.05, 4.69) is 9.44 Å². The van der Waals surface area contributed by atoms with Gasteiger partial charge in [0.1, 0.15) is 0 Å². The van der Waals surface area contributed by atoms with Gasteiger partial charge >= 0.3 is 0 Å². The van der Waals surface area contributed by atoms with Gasteiger partial charge in [-0.2, -0.15) is 0 Å². The molecule has 0 unspecified atom stereocenters. The first-order chi connectivity index (χ1) is 11.2. The van der Waals surface area contributed by atoms with Crippen LogP contribution >= 0.6 is 0 Å². The van der Waals surface area contributed by atoms with Crippen LogP contribution in [-0.2, 0) is 20.0 Å². The lowest BCUT2D eigenvalue weighted by Crippen LogP contribution is -2.39. The summed E-state index contributed by atoms with van der Waals surface area (Å²) in [4.78, 5) is 25.1. The van der Waals surface area contributed by atoms with Gasteiger partial charge in [-0.1, -0.05) is 12.1 Å². The summed E-state index contributed by atoms with van der Waals surface area (Å²) in [5.41, 5.74) is 0.487. The molecule has 0 bridgehead atoms. The highest BCUT2D eigenvalue weighted by Gasteiger charge is 2.35. The Balaban J connectivity index is 1.94. The third-order valence-electron chi connectivity index (χ3n) is 3.47. The summed E-state index contributed by atoms with van der Waals surface area (Å²) in [7, 11) is -6.12. The number of hydrogen-bond donors (Lipinski definition) is 2. The highest BCUT2D eigenvalue weighted by Crippen LogP contribution is 2.21. The van der Waals surface area contributed by atoms with Crippen molar-refractivity contribution in [2.24, 2.45) is 0 Å². The van der Waals surface area contributed by atoms with E-state index in [0.29, 0.717) is 0 Å². The summed E-state index contributed by atoms with van der Waals surface area (Å²) in [6.07, 6.45) is 0. The van der Waals surface area contributed by atoms with Gasteiger partial charge in [-0.3, -0.25) is 14.5 Å². The van der Waals surface area contributed by atoms with Crippen LogP contribution in [0.4, 0.5) is 0 Å². The third kappa shape index (κ3) is 4.17. The van der Waals surface area contributed by atoms with E-state index >= 15 is 0 Å². The lowest BCUT2D eigenvalue weighted by atomic mass is 10.1. The van der Waals surface area contributed by atoms with Gasteiger partial charge in [0, 0.05) is 13.1 Å². The monoisotopic (exact) mass is 375 g/mol. The molecule has 1 heterocycles. The van der Waals surface area contributed by atoms with E-state index in [1.807, 2.05) is 0 Å². The Kier molecular flexibility index (Phi) is 5.38. The largest absolute Gasteiger partial charge is 0.273 e. The van der Waals surface area contributed by atoms with Crippen LogP contribution in [0, 0.1) is 0 Å². The molecule has 2 N–H and O–H groups in total. The van der Waals surface area contributed by atoms with Crippen molar-refractivity contribution < 1.29 is 26.4 Å². The molecule has 2 amide bonds. The summed E-state index contributed by atoms with van der Waals surface area (Å²) in [5.74, 6) is -1.99. The third-order valence-corrected chi connectivity index (χ3v) is 6.19. The molecule has 1 aliphatic rings. The van der Waals surface area contributed by atoms with E-state index in [9.17, 15) is 26.4 Å². The van der Waals surface area contributed by atoms with Crippen LogP contribution in [0.25, 0.3) is 0 Å². The molecule has 1 aromatic carbocycles. The zero-order valence-electron chi connectivity index (χ0n) is 12.9. The van der Waals surface area contributed by atoms with E-state index in [1.165, 1.54) is 19.2 Å². The second-order valence-electron chi connectivity index (χ2n) is 5.04. The van der Waals surface area contributed by atoms with Crippen molar-refractivity contribution in [3.05, 3.63) is 35.4 Å². The van der Waals surface area contributed by atoms with E-state index in [1.54, 1.807) is 12.1 Å². The Morgan fingerprint density at radius 3 is 1.96 bits per heavy atom. The number of imide groups is 1. The molecule has 0 atom stereocenters. The van der Waals surface area contributed by atoms with Gasteiger partial charge in [0.05, 0.1) is 22.6 Å². The van der Waals surface area contributed by atoms with Crippen molar-refractivity contribution in [2.45, 2.75) is 0 Å². The Morgan fingerprint density at radius 2 is 1.46 bits per heavy atom. The van der Waals surface area contributed by atoms with Crippen molar-refractivity contribution in [3.8, 4) is 0 Å². The fourth-order valence-corrected chi connectivity index (χ4v) is 3.84. The molecule has 9 nitrogen and oxygen atoms in total. The number of nitrogens with zero attached hydrogens (tertiary/aromatic N) is 1. The Bertz CT molecular complexity index is 828. The summed E-state index contributed by atoms with van der Waals surface area (Å²) in [5, 5.41) is 0. The quantitative estimate of drug-likeness (QED) is 0.546. The highest BCUT2D eigenvalue weighted by atomic mass is 32.2. The summed E-state index contributed by atoms with van der Waals surface area (Å²) in [6, 6.07) is 6.25. The molecular weight excluding hydrogens is 358 g/mol. The second-order valence-corrected chi connectivity index (χ2v) is 9.02. The topological polar surface area (TPSA) is 130 Å². The molecule has 0 radical (unpaired) electrons. The van der Waals surface area contributed by atoms with Crippen LogP contribution in [0.5, 0.6) is 0 Å². The lowest BCUT2D eigenvalue weighted by molar-refractivity contribution is 0.0664. The molecule has 0 saturated carbocycles. The number of rotatable bonds is 8. The molecule has 2 rings (SSSR count). The van der Waals surface area contributed by atoms with Crippen molar-refractivity contribution in [3.63, 3.8) is 0 Å². The Hall–Kier alpha value is -1.82. The van der Waals surface area contributed by atoms with E-state index in [4.69, 9.17) is 0 Å². The average Bonchev–Trinajstić information content (AvgIpc) is 2.77. The van der Waals surface area contributed by atoms with Gasteiger partial charge in [0.15, 0.2) is 0 Å². The normalized spacial score (nSPS) is 15.0. The average molecular weight is 375 g/mol. The lowest BCUT2D eigenvalue weighted by Gasteiger charge is -2.14. The standard InChI is InChI=1S/C13H17N3O6S2/c1-14-23(19,20)8-6-15-24(21,22)9-7-16-12(17)10-4-2-3-5-11(10)13(16)18/h2-5,14-15H,6-9H2,1H3. The van der Waals surface area contributed by atoms with Crippen molar-refractivity contribution >= 4 is 31.9 Å². The van der Waals surface area contributed by atoms with Crippen LogP contribution in [0.2, 0.25) is 0 Å². The van der Waals surface area contributed by atoms with Crippen molar-refractivity contribution in [1.82, 2.24) is 14.3 Å². The first kappa shape index (κ1) is 18.5. The number of hydrogen-bond acceptors (Lipinski definition) is 6. The number of carbonyl (C=O) groups is 2. The summed E-state index contributed by atoms with van der Waals surface area (Å²) in [6.45, 7) is -0.603. The van der Waals surface area contributed by atoms with Gasteiger partial charge in [0.2, 0.25) is 20.0 Å². The predicted molar refractivity (Wildman–Crippen MR) is 86.4 cm³/mol. The molecule has 0 aromatic heterocycles. The maximum atomic E-state index is 12.1. The molecule has 11 heteroatoms. The maximum absolute atomic E-state index is 12.1. The van der Waals surface area contributed by atoms with Crippen LogP contribution in [0.1, 0.15) is 20.7 Å². The maximum Gasteiger partial charge on any atom is 0.261 e. The first-order valence-electron chi connectivity index (χ1n) is 7.00. The smallest absolute Gasteiger partial charge is 0.261 e. The van der Waals surface area contributed by atoms with Crippen LogP contribution in [0.3, 0.4) is 0 Å². The zero-order chi connectivity index (χ0) is 18.0. The predicted octanol–water partition coefficient (Wildman–Crippen LogP) is -1.25. The molecule has 0 fully saturated rings. The number of nitrogens with one attached hydrogen (secondary N) is 2. The minimum atomic E-state index is -3.82. The van der Waals surface area contributed by atoms with E-state index < -0.39 is 43.4 Å². The van der Waals surface area contributed by atoms with Gasteiger partial charge < -0.3 is 0 Å². The fourth-order valence-electron chi connectivity index (χ4n) is 2.16. The Labute approximate surface area is 140 Å². The SMILES string of the molecule is CNS(=O)(=O)CCNS(=O)(=O)CCN1C(=O)c2ccccc2C1=O. The summed E-state index contributed by atoms with van der Waals surface area (Å²) < 4.78 is 50.4. The number of sulfonamides is 2. The van der Waals surface area contributed by atoms with Crippen LogP contribution in [0.15, 0.2) is 24.3 Å².